The minimum Gasteiger partial charge on any atom is -0.465 e. The lowest BCUT2D eigenvalue weighted by Crippen LogP contribution is -2.02. The van der Waals surface area contributed by atoms with Crippen molar-refractivity contribution in [1.29, 1.82) is 0 Å². The Hall–Kier alpha value is -1.16. The summed E-state index contributed by atoms with van der Waals surface area (Å²) in [5, 5.41) is 0. The molecule has 1 N–H and O–H groups in total. The first-order chi connectivity index (χ1) is 7.98. The number of ether oxygens (including phenoxy) is 1. The van der Waals surface area contributed by atoms with E-state index in [-0.39, 0.29) is 12.8 Å². The molecule has 0 aliphatic rings. The quantitative estimate of drug-likeness (QED) is 0.647. The van der Waals surface area contributed by atoms with Crippen LogP contribution in [0.5, 0.6) is 0 Å². The second-order valence-corrected chi connectivity index (χ2v) is 5.25. The minimum atomic E-state index is -3.63. The van der Waals surface area contributed by atoms with E-state index in [1.54, 1.807) is 25.1 Å². The van der Waals surface area contributed by atoms with Crippen LogP contribution in [0.1, 0.15) is 22.8 Å². The molecule has 0 fully saturated rings. The molecule has 0 saturated carbocycles. The Morgan fingerprint density at radius 2 is 2.18 bits per heavy atom. The maximum absolute atomic E-state index is 11.6. The summed E-state index contributed by atoms with van der Waals surface area (Å²) in [6.07, 6.45) is -0.119. The van der Waals surface area contributed by atoms with E-state index in [4.69, 9.17) is 4.52 Å². The average molecular weight is 258 g/mol. The summed E-state index contributed by atoms with van der Waals surface area (Å²) in [6, 6.07) is 6.40. The Morgan fingerprint density at radius 3 is 2.76 bits per heavy atom. The largest absolute Gasteiger partial charge is 0.465 e. The highest BCUT2D eigenvalue weighted by Gasteiger charge is 2.19. The standard InChI is InChI=1S/C11H15O5P/c1-3-16-17(13,14)8-9-5-4-6-10(7-9)11(12)15-2/h4-7H,3,8H2,1-2H3,(H,13,14). The topological polar surface area (TPSA) is 72.8 Å². The van der Waals surface area contributed by atoms with E-state index in [1.165, 1.54) is 13.2 Å². The highest BCUT2D eigenvalue weighted by atomic mass is 31.2. The summed E-state index contributed by atoms with van der Waals surface area (Å²) >= 11 is 0. The van der Waals surface area contributed by atoms with Crippen molar-refractivity contribution in [2.24, 2.45) is 0 Å². The molecule has 94 valence electrons. The van der Waals surface area contributed by atoms with E-state index >= 15 is 0 Å². The molecule has 0 saturated heterocycles. The second kappa shape index (κ2) is 5.96. The van der Waals surface area contributed by atoms with Crippen molar-refractivity contribution in [3.63, 3.8) is 0 Å². The van der Waals surface area contributed by atoms with E-state index in [0.717, 1.165) is 0 Å². The fourth-order valence-corrected chi connectivity index (χ4v) is 2.55. The highest BCUT2D eigenvalue weighted by molar-refractivity contribution is 7.51. The lowest BCUT2D eigenvalue weighted by atomic mass is 10.1. The molecule has 0 aromatic heterocycles. The molecule has 1 unspecified atom stereocenters. The molecule has 0 amide bonds. The van der Waals surface area contributed by atoms with Crippen LogP contribution in [0.25, 0.3) is 0 Å². The molecule has 0 radical (unpaired) electrons. The zero-order valence-electron chi connectivity index (χ0n) is 9.75. The molecule has 1 rings (SSSR count). The van der Waals surface area contributed by atoms with Gasteiger partial charge in [0.05, 0.1) is 25.4 Å². The van der Waals surface area contributed by atoms with Gasteiger partial charge in [-0.1, -0.05) is 12.1 Å². The van der Waals surface area contributed by atoms with E-state index in [2.05, 4.69) is 4.74 Å². The molecular weight excluding hydrogens is 243 g/mol. The van der Waals surface area contributed by atoms with Crippen molar-refractivity contribution in [3.8, 4) is 0 Å². The van der Waals surface area contributed by atoms with Gasteiger partial charge >= 0.3 is 13.6 Å². The second-order valence-electron chi connectivity index (χ2n) is 3.41. The average Bonchev–Trinajstić information content (AvgIpc) is 2.27. The predicted octanol–water partition coefficient (Wildman–Crippen LogP) is 2.20. The van der Waals surface area contributed by atoms with Gasteiger partial charge in [-0.15, -0.1) is 0 Å². The predicted molar refractivity (Wildman–Crippen MR) is 62.9 cm³/mol. The van der Waals surface area contributed by atoms with Gasteiger partial charge in [-0.2, -0.15) is 0 Å². The van der Waals surface area contributed by atoms with Crippen LogP contribution in [0.15, 0.2) is 24.3 Å². The van der Waals surface area contributed by atoms with Crippen LogP contribution in [-0.2, 0) is 20.0 Å². The van der Waals surface area contributed by atoms with Crippen LogP contribution < -0.4 is 0 Å². The number of hydrogen-bond donors (Lipinski definition) is 1. The number of esters is 1. The van der Waals surface area contributed by atoms with Crippen LogP contribution >= 0.6 is 7.60 Å². The van der Waals surface area contributed by atoms with Gasteiger partial charge in [-0.05, 0) is 24.6 Å². The van der Waals surface area contributed by atoms with Gasteiger partial charge in [0.1, 0.15) is 0 Å². The first-order valence-electron chi connectivity index (χ1n) is 5.12. The fourth-order valence-electron chi connectivity index (χ4n) is 1.39. The van der Waals surface area contributed by atoms with Gasteiger partial charge in [-0.25, -0.2) is 4.79 Å². The lowest BCUT2D eigenvalue weighted by molar-refractivity contribution is 0.0600. The van der Waals surface area contributed by atoms with Crippen molar-refractivity contribution in [2.75, 3.05) is 13.7 Å². The molecule has 1 atom stereocenters. The van der Waals surface area contributed by atoms with Gasteiger partial charge in [-0.3, -0.25) is 4.57 Å². The first-order valence-corrected chi connectivity index (χ1v) is 6.88. The zero-order valence-corrected chi connectivity index (χ0v) is 10.6. The smallest absolute Gasteiger partial charge is 0.337 e. The highest BCUT2D eigenvalue weighted by Crippen LogP contribution is 2.45. The van der Waals surface area contributed by atoms with E-state index in [9.17, 15) is 14.3 Å². The minimum absolute atomic E-state index is 0.119. The summed E-state index contributed by atoms with van der Waals surface area (Å²) in [5.74, 6) is -0.476. The van der Waals surface area contributed by atoms with Crippen LogP contribution in [0.4, 0.5) is 0 Å². The molecule has 5 nitrogen and oxygen atoms in total. The third-order valence-corrected chi connectivity index (χ3v) is 3.49. The number of rotatable bonds is 5. The molecule has 0 heterocycles. The molecule has 17 heavy (non-hydrogen) atoms. The molecule has 0 bridgehead atoms. The van der Waals surface area contributed by atoms with E-state index in [1.807, 2.05) is 0 Å². The molecule has 0 aliphatic heterocycles. The first kappa shape index (κ1) is 13.9. The summed E-state index contributed by atoms with van der Waals surface area (Å²) in [7, 11) is -2.34. The van der Waals surface area contributed by atoms with E-state index < -0.39 is 13.6 Å². The Morgan fingerprint density at radius 1 is 1.47 bits per heavy atom. The maximum atomic E-state index is 11.6. The Bertz CT molecular complexity index is 443. The Kier molecular flexibility index (Phi) is 4.87. The summed E-state index contributed by atoms with van der Waals surface area (Å²) < 4.78 is 20.9. The summed E-state index contributed by atoms with van der Waals surface area (Å²) in [4.78, 5) is 20.7. The number of hydrogen-bond acceptors (Lipinski definition) is 4. The third-order valence-electron chi connectivity index (χ3n) is 2.06. The normalized spacial score (nSPS) is 14.1. The summed E-state index contributed by atoms with van der Waals surface area (Å²) in [5.41, 5.74) is 0.911. The van der Waals surface area contributed by atoms with Crippen molar-refractivity contribution in [3.05, 3.63) is 35.4 Å². The van der Waals surface area contributed by atoms with Crippen molar-refractivity contribution in [1.82, 2.24) is 0 Å². The maximum Gasteiger partial charge on any atom is 0.337 e. The lowest BCUT2D eigenvalue weighted by Gasteiger charge is -2.11. The van der Waals surface area contributed by atoms with Crippen molar-refractivity contribution >= 4 is 13.6 Å². The summed E-state index contributed by atoms with van der Waals surface area (Å²) in [6.45, 7) is 1.82. The zero-order chi connectivity index (χ0) is 12.9. The van der Waals surface area contributed by atoms with Gasteiger partial charge in [0.25, 0.3) is 0 Å². The monoisotopic (exact) mass is 258 g/mol. The van der Waals surface area contributed by atoms with Crippen LogP contribution in [0.3, 0.4) is 0 Å². The molecule has 1 aromatic carbocycles. The number of carbonyl (C=O) groups excluding carboxylic acids is 1. The Balaban J connectivity index is 2.86. The van der Waals surface area contributed by atoms with Gasteiger partial charge in [0, 0.05) is 0 Å². The third kappa shape index (κ3) is 4.30. The molecule has 1 aromatic rings. The molecule has 6 heteroatoms. The number of benzene rings is 1. The van der Waals surface area contributed by atoms with E-state index in [0.29, 0.717) is 11.1 Å². The van der Waals surface area contributed by atoms with Crippen molar-refractivity contribution in [2.45, 2.75) is 13.1 Å². The number of methoxy groups -OCH3 is 1. The van der Waals surface area contributed by atoms with Crippen LogP contribution in [-0.4, -0.2) is 24.6 Å². The van der Waals surface area contributed by atoms with Gasteiger partial charge < -0.3 is 14.2 Å². The fraction of sp³-hybridized carbons (Fsp3) is 0.364. The van der Waals surface area contributed by atoms with Gasteiger partial charge in [0.15, 0.2) is 0 Å². The number of carbonyl (C=O) groups is 1. The van der Waals surface area contributed by atoms with Crippen molar-refractivity contribution < 1.29 is 23.5 Å². The molecular formula is C11H15O5P. The van der Waals surface area contributed by atoms with Crippen LogP contribution in [0.2, 0.25) is 0 Å². The SMILES string of the molecule is CCOP(=O)(O)Cc1cccc(C(=O)OC)c1. The van der Waals surface area contributed by atoms with Gasteiger partial charge in [0.2, 0.25) is 0 Å². The molecule has 0 spiro atoms. The molecule has 0 aliphatic carbocycles. The van der Waals surface area contributed by atoms with Crippen LogP contribution in [0, 0.1) is 0 Å². The Labute approximate surface area is 99.9 Å².